The number of benzene rings is 1. The van der Waals surface area contributed by atoms with Gasteiger partial charge in [0.05, 0.1) is 12.8 Å². The van der Waals surface area contributed by atoms with Gasteiger partial charge in [-0.25, -0.2) is 4.39 Å². The standard InChI is InChI=1S/C21H26FN3O/c1-15(20-14-23-8-9-24-20)21-16(6-10-25(2)11-7-22)12-17-13-18(26-3)4-5-19(17)21/h4-5,8-9,13-15H,6-7,10-12H2,1-3H3. The van der Waals surface area contributed by atoms with Gasteiger partial charge in [0.15, 0.2) is 0 Å². The zero-order chi connectivity index (χ0) is 18.5. The third-order valence-corrected chi connectivity index (χ3v) is 5.11. The molecule has 138 valence electrons. The number of hydrogen-bond donors (Lipinski definition) is 0. The molecule has 0 fully saturated rings. The summed E-state index contributed by atoms with van der Waals surface area (Å²) in [6.45, 7) is 3.20. The van der Waals surface area contributed by atoms with Gasteiger partial charge in [-0.05, 0) is 48.7 Å². The first-order valence-corrected chi connectivity index (χ1v) is 9.03. The van der Waals surface area contributed by atoms with Crippen LogP contribution in [0, 0.1) is 0 Å². The van der Waals surface area contributed by atoms with Gasteiger partial charge in [-0.3, -0.25) is 9.97 Å². The molecule has 0 amide bonds. The molecule has 26 heavy (non-hydrogen) atoms. The maximum Gasteiger partial charge on any atom is 0.119 e. The number of alkyl halides is 1. The average Bonchev–Trinajstić information content (AvgIpc) is 3.04. The Labute approximate surface area is 154 Å². The summed E-state index contributed by atoms with van der Waals surface area (Å²) in [5.74, 6) is 1.05. The third-order valence-electron chi connectivity index (χ3n) is 5.11. The van der Waals surface area contributed by atoms with Crippen LogP contribution in [0.25, 0.3) is 5.57 Å². The first-order valence-electron chi connectivity index (χ1n) is 9.03. The van der Waals surface area contributed by atoms with Crippen molar-refractivity contribution < 1.29 is 9.13 Å². The Hall–Kier alpha value is -2.27. The predicted octanol–water partition coefficient (Wildman–Crippen LogP) is 3.89. The Morgan fingerprint density at radius 2 is 2.12 bits per heavy atom. The number of fused-ring (bicyclic) bond motifs is 1. The summed E-state index contributed by atoms with van der Waals surface area (Å²) in [5.41, 5.74) is 6.26. The molecular formula is C21H26FN3O. The summed E-state index contributed by atoms with van der Waals surface area (Å²) >= 11 is 0. The molecule has 1 aromatic heterocycles. The number of aromatic nitrogens is 2. The highest BCUT2D eigenvalue weighted by atomic mass is 19.1. The average molecular weight is 355 g/mol. The lowest BCUT2D eigenvalue weighted by Crippen LogP contribution is -2.22. The number of allylic oxidation sites excluding steroid dienone is 1. The summed E-state index contributed by atoms with van der Waals surface area (Å²) < 4.78 is 18.0. The van der Waals surface area contributed by atoms with Gasteiger partial charge in [-0.1, -0.05) is 18.6 Å². The van der Waals surface area contributed by atoms with Crippen molar-refractivity contribution in [2.75, 3.05) is 33.9 Å². The van der Waals surface area contributed by atoms with Gasteiger partial charge in [0.1, 0.15) is 12.4 Å². The maximum atomic E-state index is 12.6. The molecule has 1 aliphatic carbocycles. The Balaban J connectivity index is 1.93. The SMILES string of the molecule is COc1ccc2c(c1)CC(CCN(C)CCF)=C2C(C)c1cnccn1. The zero-order valence-corrected chi connectivity index (χ0v) is 15.7. The van der Waals surface area contributed by atoms with Crippen molar-refractivity contribution in [2.45, 2.75) is 25.7 Å². The van der Waals surface area contributed by atoms with Crippen molar-refractivity contribution in [1.82, 2.24) is 14.9 Å². The Morgan fingerprint density at radius 1 is 1.27 bits per heavy atom. The number of nitrogens with zero attached hydrogens (tertiary/aromatic N) is 3. The molecule has 0 spiro atoms. The van der Waals surface area contributed by atoms with E-state index in [1.807, 2.05) is 24.2 Å². The Kier molecular flexibility index (Phi) is 5.99. The number of methoxy groups -OCH3 is 1. The van der Waals surface area contributed by atoms with Crippen molar-refractivity contribution in [3.05, 3.63) is 59.2 Å². The fourth-order valence-corrected chi connectivity index (χ4v) is 3.65. The summed E-state index contributed by atoms with van der Waals surface area (Å²) in [7, 11) is 3.66. The molecule has 3 rings (SSSR count). The third kappa shape index (κ3) is 3.93. The van der Waals surface area contributed by atoms with Crippen molar-refractivity contribution >= 4 is 5.57 Å². The van der Waals surface area contributed by atoms with Gasteiger partial charge in [0.2, 0.25) is 0 Å². The quantitative estimate of drug-likeness (QED) is 0.720. The Bertz CT molecular complexity index is 776. The molecule has 0 saturated heterocycles. The predicted molar refractivity (Wildman–Crippen MR) is 102 cm³/mol. The number of hydrogen-bond acceptors (Lipinski definition) is 4. The van der Waals surface area contributed by atoms with Crippen LogP contribution in [0.5, 0.6) is 5.75 Å². The fraction of sp³-hybridized carbons (Fsp3) is 0.429. The second kappa shape index (κ2) is 8.41. The molecule has 1 atom stereocenters. The van der Waals surface area contributed by atoms with Gasteiger partial charge in [-0.2, -0.15) is 0 Å². The largest absolute Gasteiger partial charge is 0.497 e. The lowest BCUT2D eigenvalue weighted by atomic mass is 9.90. The van der Waals surface area contributed by atoms with Crippen LogP contribution >= 0.6 is 0 Å². The Morgan fingerprint density at radius 3 is 2.81 bits per heavy atom. The van der Waals surface area contributed by atoms with E-state index in [4.69, 9.17) is 4.74 Å². The smallest absolute Gasteiger partial charge is 0.119 e. The normalized spacial score (nSPS) is 14.7. The van der Waals surface area contributed by atoms with E-state index >= 15 is 0 Å². The number of ether oxygens (including phenoxy) is 1. The van der Waals surface area contributed by atoms with Gasteiger partial charge in [-0.15, -0.1) is 0 Å². The molecule has 0 aliphatic heterocycles. The van der Waals surface area contributed by atoms with Crippen LogP contribution in [-0.2, 0) is 6.42 Å². The van der Waals surface area contributed by atoms with Gasteiger partial charge in [0.25, 0.3) is 0 Å². The van der Waals surface area contributed by atoms with Gasteiger partial charge < -0.3 is 9.64 Å². The molecule has 1 heterocycles. The maximum absolute atomic E-state index is 12.6. The summed E-state index contributed by atoms with van der Waals surface area (Å²) in [5, 5.41) is 0. The molecule has 1 aromatic carbocycles. The first kappa shape index (κ1) is 18.5. The monoisotopic (exact) mass is 355 g/mol. The molecule has 1 unspecified atom stereocenters. The highest BCUT2D eigenvalue weighted by molar-refractivity contribution is 5.80. The van der Waals surface area contributed by atoms with E-state index in [1.54, 1.807) is 19.5 Å². The van der Waals surface area contributed by atoms with E-state index in [2.05, 4.69) is 29.0 Å². The molecule has 0 saturated carbocycles. The molecule has 0 bridgehead atoms. The van der Waals surface area contributed by atoms with E-state index in [0.29, 0.717) is 6.54 Å². The summed E-state index contributed by atoms with van der Waals surface area (Å²) in [4.78, 5) is 10.8. The minimum atomic E-state index is -0.310. The summed E-state index contributed by atoms with van der Waals surface area (Å²) in [6, 6.07) is 6.28. The lowest BCUT2D eigenvalue weighted by molar-refractivity contribution is 0.298. The molecule has 0 radical (unpaired) electrons. The van der Waals surface area contributed by atoms with Crippen molar-refractivity contribution in [3.63, 3.8) is 0 Å². The van der Waals surface area contributed by atoms with E-state index in [9.17, 15) is 4.39 Å². The molecule has 2 aromatic rings. The molecule has 5 heteroatoms. The highest BCUT2D eigenvalue weighted by Gasteiger charge is 2.27. The van der Waals surface area contributed by atoms with Crippen LogP contribution in [-0.4, -0.2) is 48.8 Å². The number of rotatable bonds is 8. The zero-order valence-electron chi connectivity index (χ0n) is 15.7. The lowest BCUT2D eigenvalue weighted by Gasteiger charge is -2.19. The highest BCUT2D eigenvalue weighted by Crippen LogP contribution is 2.43. The summed E-state index contributed by atoms with van der Waals surface area (Å²) in [6.07, 6.45) is 7.12. The number of halogens is 1. The second-order valence-electron chi connectivity index (χ2n) is 6.81. The van der Waals surface area contributed by atoms with Gasteiger partial charge in [0, 0.05) is 37.6 Å². The van der Waals surface area contributed by atoms with Crippen molar-refractivity contribution in [1.29, 1.82) is 0 Å². The molecule has 4 nitrogen and oxygen atoms in total. The van der Waals surface area contributed by atoms with Crippen LogP contribution in [0.3, 0.4) is 0 Å². The molecular weight excluding hydrogens is 329 g/mol. The minimum Gasteiger partial charge on any atom is -0.497 e. The molecule has 0 N–H and O–H groups in total. The van der Waals surface area contributed by atoms with Crippen LogP contribution in [0.2, 0.25) is 0 Å². The van der Waals surface area contributed by atoms with Crippen molar-refractivity contribution in [2.24, 2.45) is 0 Å². The van der Waals surface area contributed by atoms with E-state index in [-0.39, 0.29) is 12.6 Å². The first-order chi connectivity index (χ1) is 12.6. The van der Waals surface area contributed by atoms with Crippen LogP contribution < -0.4 is 4.74 Å². The van der Waals surface area contributed by atoms with Crippen LogP contribution in [0.4, 0.5) is 4.39 Å². The van der Waals surface area contributed by atoms with E-state index < -0.39 is 0 Å². The van der Waals surface area contributed by atoms with Crippen molar-refractivity contribution in [3.8, 4) is 5.75 Å². The minimum absolute atomic E-state index is 0.167. The van der Waals surface area contributed by atoms with Crippen LogP contribution in [0.15, 0.2) is 42.4 Å². The fourth-order valence-electron chi connectivity index (χ4n) is 3.65. The van der Waals surface area contributed by atoms with Crippen LogP contribution in [0.1, 0.15) is 36.1 Å². The van der Waals surface area contributed by atoms with E-state index in [1.165, 1.54) is 22.3 Å². The topological polar surface area (TPSA) is 38.2 Å². The van der Waals surface area contributed by atoms with Gasteiger partial charge >= 0.3 is 0 Å². The second-order valence-corrected chi connectivity index (χ2v) is 6.81. The molecule has 1 aliphatic rings. The van der Waals surface area contributed by atoms with E-state index in [0.717, 1.165) is 30.8 Å².